The Balaban J connectivity index is 1.58. The summed E-state index contributed by atoms with van der Waals surface area (Å²) in [5, 5.41) is 5.95. The molecule has 3 N–H and O–H groups in total. The van der Waals surface area contributed by atoms with Gasteiger partial charge in [0, 0.05) is 31.9 Å². The van der Waals surface area contributed by atoms with E-state index in [0.717, 1.165) is 5.52 Å². The van der Waals surface area contributed by atoms with Crippen LogP contribution in [0.5, 0.6) is 0 Å². The molecule has 0 saturated heterocycles. The van der Waals surface area contributed by atoms with Crippen molar-refractivity contribution in [3.05, 3.63) is 92.4 Å². The molecular weight excluding hydrogens is 487 g/mol. The number of aromatic amines is 1. The van der Waals surface area contributed by atoms with Gasteiger partial charge in [-0.25, -0.2) is 9.37 Å². The molecule has 1 aliphatic heterocycles. The highest BCUT2D eigenvalue weighted by Crippen LogP contribution is 2.41. The zero-order valence-electron chi connectivity index (χ0n) is 15.7. The number of hydrogen-bond acceptors (Lipinski definition) is 3. The van der Waals surface area contributed by atoms with Gasteiger partial charge in [0.2, 0.25) is 0 Å². The van der Waals surface area contributed by atoms with Gasteiger partial charge in [-0.15, -0.1) is 0 Å². The van der Waals surface area contributed by atoms with Gasteiger partial charge in [0.05, 0.1) is 17.1 Å². The van der Waals surface area contributed by atoms with Gasteiger partial charge in [0.15, 0.2) is 5.82 Å². The lowest BCUT2D eigenvalue weighted by atomic mass is 9.96. The van der Waals surface area contributed by atoms with Crippen LogP contribution in [0.15, 0.2) is 59.1 Å². The molecule has 0 radical (unpaired) electrons. The fourth-order valence-corrected chi connectivity index (χ4v) is 4.40. The van der Waals surface area contributed by atoms with E-state index in [1.54, 1.807) is 18.2 Å². The lowest BCUT2D eigenvalue weighted by Crippen LogP contribution is -2.21. The van der Waals surface area contributed by atoms with Crippen LogP contribution in [-0.2, 0) is 0 Å². The molecule has 2 heterocycles. The van der Waals surface area contributed by atoms with Gasteiger partial charge in [0.1, 0.15) is 5.82 Å². The van der Waals surface area contributed by atoms with Crippen molar-refractivity contribution in [3.8, 4) is 0 Å². The molecule has 5 rings (SSSR count). The highest BCUT2D eigenvalue weighted by Gasteiger charge is 2.34. The monoisotopic (exact) mass is 498 g/mol. The number of amides is 2. The van der Waals surface area contributed by atoms with E-state index in [0.29, 0.717) is 37.4 Å². The van der Waals surface area contributed by atoms with E-state index in [1.165, 1.54) is 18.2 Å². The SMILES string of the molecule is O=C(Nc1cc(Br)cc2c1C(c1cc(F)ccc1Cl)NC2=O)c1nc2ccccc2[nH]1. The molecule has 0 saturated carbocycles. The van der Waals surface area contributed by atoms with E-state index in [4.69, 9.17) is 11.6 Å². The Morgan fingerprint density at radius 3 is 2.77 bits per heavy atom. The fraction of sp³-hybridized carbons (Fsp3) is 0.0455. The summed E-state index contributed by atoms with van der Waals surface area (Å²) < 4.78 is 14.5. The number of nitrogens with zero attached hydrogens (tertiary/aromatic N) is 1. The predicted octanol–water partition coefficient (Wildman–Crippen LogP) is 5.20. The fourth-order valence-electron chi connectivity index (χ4n) is 3.71. The van der Waals surface area contributed by atoms with Gasteiger partial charge in [-0.2, -0.15) is 0 Å². The van der Waals surface area contributed by atoms with Gasteiger partial charge in [-0.05, 0) is 42.5 Å². The number of nitrogens with one attached hydrogen (secondary N) is 3. The van der Waals surface area contributed by atoms with Crippen molar-refractivity contribution in [2.24, 2.45) is 0 Å². The third-order valence-corrected chi connectivity index (χ3v) is 5.88. The number of halogens is 3. The van der Waals surface area contributed by atoms with Crippen molar-refractivity contribution in [2.75, 3.05) is 5.32 Å². The first-order chi connectivity index (χ1) is 14.9. The van der Waals surface area contributed by atoms with Gasteiger partial charge in [-0.3, -0.25) is 9.59 Å². The average molecular weight is 500 g/mol. The number of benzene rings is 3. The number of imidazole rings is 1. The maximum absolute atomic E-state index is 13.9. The van der Waals surface area contributed by atoms with Crippen LogP contribution in [-0.4, -0.2) is 21.8 Å². The standard InChI is InChI=1S/C22H13BrClFN4O2/c23-10-7-13-18(19(29-21(13)30)12-9-11(25)5-6-14(12)24)17(8-10)28-22(31)20-26-15-3-1-2-4-16(15)27-20/h1-9,19H,(H,26,27)(H,28,31)(H,29,30). The lowest BCUT2D eigenvalue weighted by molar-refractivity contribution is 0.0959. The maximum atomic E-state index is 13.9. The largest absolute Gasteiger partial charge is 0.341 e. The summed E-state index contributed by atoms with van der Waals surface area (Å²) in [6.45, 7) is 0. The van der Waals surface area contributed by atoms with Crippen molar-refractivity contribution in [1.82, 2.24) is 15.3 Å². The van der Waals surface area contributed by atoms with Crippen molar-refractivity contribution in [1.29, 1.82) is 0 Å². The second-order valence-corrected chi connectivity index (χ2v) is 8.37. The summed E-state index contributed by atoms with van der Waals surface area (Å²) >= 11 is 9.67. The molecule has 31 heavy (non-hydrogen) atoms. The second kappa shape index (κ2) is 7.47. The topological polar surface area (TPSA) is 86.9 Å². The molecule has 9 heteroatoms. The van der Waals surface area contributed by atoms with Crippen molar-refractivity contribution < 1.29 is 14.0 Å². The number of aromatic nitrogens is 2. The molecule has 6 nitrogen and oxygen atoms in total. The van der Waals surface area contributed by atoms with E-state index in [2.05, 4.69) is 36.5 Å². The Bertz CT molecular complexity index is 1350. The molecule has 4 aromatic rings. The number of carbonyl (C=O) groups excluding carboxylic acids is 2. The molecule has 0 spiro atoms. The molecule has 0 bridgehead atoms. The molecule has 1 aromatic heterocycles. The first-order valence-electron chi connectivity index (χ1n) is 9.26. The van der Waals surface area contributed by atoms with E-state index in [-0.39, 0.29) is 11.7 Å². The van der Waals surface area contributed by atoms with E-state index < -0.39 is 17.8 Å². The van der Waals surface area contributed by atoms with E-state index >= 15 is 0 Å². The number of hydrogen-bond donors (Lipinski definition) is 3. The van der Waals surface area contributed by atoms with Gasteiger partial charge in [0.25, 0.3) is 11.8 Å². The van der Waals surface area contributed by atoms with Crippen molar-refractivity contribution in [2.45, 2.75) is 6.04 Å². The smallest absolute Gasteiger partial charge is 0.291 e. The zero-order chi connectivity index (χ0) is 21.7. The summed E-state index contributed by atoms with van der Waals surface area (Å²) in [5.41, 5.74) is 3.04. The Morgan fingerprint density at radius 1 is 1.16 bits per heavy atom. The highest BCUT2D eigenvalue weighted by atomic mass is 79.9. The average Bonchev–Trinajstić information content (AvgIpc) is 3.31. The van der Waals surface area contributed by atoms with Crippen LogP contribution in [0.2, 0.25) is 5.02 Å². The minimum atomic E-state index is -0.718. The van der Waals surface area contributed by atoms with Crippen LogP contribution in [0.3, 0.4) is 0 Å². The van der Waals surface area contributed by atoms with Crippen LogP contribution in [0.4, 0.5) is 10.1 Å². The molecule has 154 valence electrons. The number of carbonyl (C=O) groups is 2. The number of rotatable bonds is 3. The third-order valence-electron chi connectivity index (χ3n) is 5.08. The quantitative estimate of drug-likeness (QED) is 0.362. The molecule has 0 fully saturated rings. The molecule has 1 aliphatic rings. The minimum absolute atomic E-state index is 0.132. The summed E-state index contributed by atoms with van der Waals surface area (Å²) in [7, 11) is 0. The van der Waals surface area contributed by atoms with Gasteiger partial charge in [-0.1, -0.05) is 39.7 Å². The van der Waals surface area contributed by atoms with Crippen LogP contribution in [0, 0.1) is 5.82 Å². The number of fused-ring (bicyclic) bond motifs is 2. The van der Waals surface area contributed by atoms with Crippen molar-refractivity contribution >= 4 is 56.1 Å². The van der Waals surface area contributed by atoms with Crippen LogP contribution >= 0.6 is 27.5 Å². The summed E-state index contributed by atoms with van der Waals surface area (Å²) in [4.78, 5) is 32.8. The van der Waals surface area contributed by atoms with Crippen LogP contribution < -0.4 is 10.6 Å². The number of H-pyrrole nitrogens is 1. The Hall–Kier alpha value is -3.23. The summed E-state index contributed by atoms with van der Waals surface area (Å²) in [6, 6.07) is 13.8. The molecule has 0 aliphatic carbocycles. The minimum Gasteiger partial charge on any atom is -0.341 e. The molecule has 3 aromatic carbocycles. The van der Waals surface area contributed by atoms with Crippen molar-refractivity contribution in [3.63, 3.8) is 0 Å². The molecule has 2 amide bonds. The second-order valence-electron chi connectivity index (χ2n) is 7.04. The van der Waals surface area contributed by atoms with Crippen LogP contribution in [0.25, 0.3) is 11.0 Å². The maximum Gasteiger partial charge on any atom is 0.291 e. The first kappa shape index (κ1) is 19.7. The molecular formula is C22H13BrClFN4O2. The van der Waals surface area contributed by atoms with E-state index in [9.17, 15) is 14.0 Å². The highest BCUT2D eigenvalue weighted by molar-refractivity contribution is 9.10. The van der Waals surface area contributed by atoms with Crippen LogP contribution in [0.1, 0.15) is 38.1 Å². The lowest BCUT2D eigenvalue weighted by Gasteiger charge is -2.18. The predicted molar refractivity (Wildman–Crippen MR) is 119 cm³/mol. The zero-order valence-corrected chi connectivity index (χ0v) is 18.0. The third kappa shape index (κ3) is 3.47. The Labute approximate surface area is 189 Å². The molecule has 1 unspecified atom stereocenters. The van der Waals surface area contributed by atoms with Gasteiger partial charge < -0.3 is 15.6 Å². The normalized spacial score (nSPS) is 15.1. The summed E-state index contributed by atoms with van der Waals surface area (Å²) in [6.07, 6.45) is 0. The number of anilines is 1. The summed E-state index contributed by atoms with van der Waals surface area (Å²) in [5.74, 6) is -1.17. The number of para-hydroxylation sites is 2. The molecule has 1 atom stereocenters. The van der Waals surface area contributed by atoms with Gasteiger partial charge >= 0.3 is 0 Å². The Morgan fingerprint density at radius 2 is 1.97 bits per heavy atom. The first-order valence-corrected chi connectivity index (χ1v) is 10.4. The van der Waals surface area contributed by atoms with E-state index in [1.807, 2.05) is 18.2 Å². The Kier molecular flexibility index (Phi) is 4.75.